The highest BCUT2D eigenvalue weighted by atomic mass is 32.2. The fourth-order valence-corrected chi connectivity index (χ4v) is 6.09. The maximum absolute atomic E-state index is 13.0. The Balaban J connectivity index is 1.58. The highest BCUT2D eigenvalue weighted by molar-refractivity contribution is 7.99. The molecule has 1 heterocycles. The predicted octanol–water partition coefficient (Wildman–Crippen LogP) is 0.877. The number of carbonyl (C=O) groups is 2. The summed E-state index contributed by atoms with van der Waals surface area (Å²) in [5.74, 6) is -1.25. The number of nitrogens with one attached hydrogen (secondary N) is 1. The summed E-state index contributed by atoms with van der Waals surface area (Å²) in [6.45, 7) is 3.41. The number of benzene rings is 1. The third-order valence-electron chi connectivity index (χ3n) is 7.20. The predicted molar refractivity (Wildman–Crippen MR) is 139 cm³/mol. The van der Waals surface area contributed by atoms with Gasteiger partial charge in [-0.3, -0.25) is 4.79 Å². The van der Waals surface area contributed by atoms with Crippen molar-refractivity contribution in [2.75, 3.05) is 12.4 Å². The zero-order valence-corrected chi connectivity index (χ0v) is 22.4. The van der Waals surface area contributed by atoms with Gasteiger partial charge in [0.15, 0.2) is 0 Å². The molecule has 0 unspecified atom stereocenters. The average Bonchev–Trinajstić information content (AvgIpc) is 3.35. The molecule has 38 heavy (non-hydrogen) atoms. The molecule has 1 aromatic rings. The third kappa shape index (κ3) is 7.51. The van der Waals surface area contributed by atoms with Gasteiger partial charge in [-0.25, -0.2) is 4.79 Å². The van der Waals surface area contributed by atoms with E-state index in [9.17, 15) is 40.2 Å². The largest absolute Gasteiger partial charge is 0.508 e. The van der Waals surface area contributed by atoms with Gasteiger partial charge in [0.2, 0.25) is 5.91 Å². The van der Waals surface area contributed by atoms with Crippen LogP contribution in [0.4, 0.5) is 0 Å². The second-order valence-corrected chi connectivity index (χ2v) is 11.3. The Morgan fingerprint density at radius 3 is 2.58 bits per heavy atom. The smallest absolute Gasteiger partial charge is 0.342 e. The molecule has 2 aliphatic rings. The molecule has 2 fully saturated rings. The van der Waals surface area contributed by atoms with Crippen molar-refractivity contribution in [2.24, 2.45) is 11.8 Å². The molecule has 1 aliphatic carbocycles. The van der Waals surface area contributed by atoms with Crippen molar-refractivity contribution < 1.29 is 49.7 Å². The van der Waals surface area contributed by atoms with Crippen LogP contribution in [0.15, 0.2) is 18.2 Å². The van der Waals surface area contributed by atoms with E-state index in [1.807, 2.05) is 0 Å². The maximum atomic E-state index is 13.0. The second-order valence-electron chi connectivity index (χ2n) is 10.1. The van der Waals surface area contributed by atoms with Crippen LogP contribution in [0.5, 0.6) is 11.5 Å². The molecule has 0 spiro atoms. The lowest BCUT2D eigenvalue weighted by molar-refractivity contribution is -0.211. The SMILES string of the molecule is CCC[C@H]1CC[C@H](C(=O)N[C@@H]([C@H]2O[C@H](SCCOC(=O)c3cc(O)ccc3O)[C@H](O)[C@@H](O)[C@H]2O)[C@@H](C)O)C1. The van der Waals surface area contributed by atoms with Crippen molar-refractivity contribution in [3.63, 3.8) is 0 Å². The first-order valence-corrected chi connectivity index (χ1v) is 14.1. The van der Waals surface area contributed by atoms with Crippen molar-refractivity contribution in [1.82, 2.24) is 5.32 Å². The molecule has 1 saturated carbocycles. The van der Waals surface area contributed by atoms with Crippen LogP contribution in [0.25, 0.3) is 0 Å². The zero-order valence-electron chi connectivity index (χ0n) is 21.6. The van der Waals surface area contributed by atoms with E-state index >= 15 is 0 Å². The summed E-state index contributed by atoms with van der Waals surface area (Å²) in [5, 5.41) is 64.1. The highest BCUT2D eigenvalue weighted by Crippen LogP contribution is 2.35. The Bertz CT molecular complexity index is 947. The van der Waals surface area contributed by atoms with Crippen molar-refractivity contribution >= 4 is 23.6 Å². The van der Waals surface area contributed by atoms with E-state index < -0.39 is 48.0 Å². The van der Waals surface area contributed by atoms with Gasteiger partial charge in [-0.2, -0.15) is 0 Å². The van der Waals surface area contributed by atoms with E-state index in [2.05, 4.69) is 12.2 Å². The van der Waals surface area contributed by atoms with Crippen molar-refractivity contribution in [1.29, 1.82) is 0 Å². The lowest BCUT2D eigenvalue weighted by Gasteiger charge is -2.44. The topological polar surface area (TPSA) is 186 Å². The van der Waals surface area contributed by atoms with Crippen molar-refractivity contribution in [2.45, 2.75) is 87.9 Å². The lowest BCUT2D eigenvalue weighted by atomic mass is 9.91. The van der Waals surface area contributed by atoms with Gasteiger partial charge in [0.05, 0.1) is 12.1 Å². The zero-order chi connectivity index (χ0) is 28.0. The number of aliphatic hydroxyl groups is 4. The molecule has 1 amide bonds. The number of aliphatic hydroxyl groups excluding tert-OH is 4. The van der Waals surface area contributed by atoms with Crippen LogP contribution in [0.2, 0.25) is 0 Å². The molecule has 3 rings (SSSR count). The minimum atomic E-state index is -1.60. The van der Waals surface area contributed by atoms with Crippen LogP contribution >= 0.6 is 11.8 Å². The number of phenols is 2. The Hall–Kier alpha value is -2.09. The number of ether oxygens (including phenoxy) is 2. The van der Waals surface area contributed by atoms with E-state index in [4.69, 9.17) is 9.47 Å². The molecule has 12 heteroatoms. The van der Waals surface area contributed by atoms with Crippen LogP contribution < -0.4 is 5.32 Å². The molecule has 1 aliphatic heterocycles. The minimum Gasteiger partial charge on any atom is -0.508 e. The van der Waals surface area contributed by atoms with Gasteiger partial charge in [0.1, 0.15) is 53.5 Å². The standard InChI is InChI=1S/C26H39NO10S/c1-3-4-14-5-6-15(11-14)24(34)27-19(13(2)28)23-21(32)20(31)22(33)26(37-23)38-10-9-36-25(35)17-12-16(29)7-8-18(17)30/h7-8,12-15,19-23,26,28-33H,3-6,9-11H2,1-2H3,(H,27,34)/t13-,14+,15+,19-,20+,21-,22-,23-,26-/m1/s1. The van der Waals surface area contributed by atoms with Crippen LogP contribution in [-0.2, 0) is 14.3 Å². The lowest BCUT2D eigenvalue weighted by Crippen LogP contribution is -2.65. The number of aromatic hydroxyl groups is 2. The summed E-state index contributed by atoms with van der Waals surface area (Å²) in [4.78, 5) is 25.2. The first-order chi connectivity index (χ1) is 18.0. The molecule has 0 radical (unpaired) electrons. The molecular formula is C26H39NO10S. The molecule has 0 bridgehead atoms. The van der Waals surface area contributed by atoms with Crippen LogP contribution in [0, 0.1) is 11.8 Å². The van der Waals surface area contributed by atoms with E-state index in [0.29, 0.717) is 5.92 Å². The summed E-state index contributed by atoms with van der Waals surface area (Å²) < 4.78 is 11.0. The van der Waals surface area contributed by atoms with E-state index in [1.165, 1.54) is 13.0 Å². The van der Waals surface area contributed by atoms with E-state index in [-0.39, 0.29) is 41.2 Å². The third-order valence-corrected chi connectivity index (χ3v) is 8.32. The van der Waals surface area contributed by atoms with E-state index in [0.717, 1.165) is 56.0 Å². The quantitative estimate of drug-likeness (QED) is 0.116. The summed E-state index contributed by atoms with van der Waals surface area (Å²) in [5.41, 5.74) is -1.26. The second kappa shape index (κ2) is 13.8. The van der Waals surface area contributed by atoms with Crippen LogP contribution in [-0.4, -0.2) is 96.9 Å². The number of phenolic OH excluding ortho intramolecular Hbond substituents is 2. The highest BCUT2D eigenvalue weighted by Gasteiger charge is 2.48. The minimum absolute atomic E-state index is 0.120. The van der Waals surface area contributed by atoms with Crippen LogP contribution in [0.3, 0.4) is 0 Å². The van der Waals surface area contributed by atoms with Gasteiger partial charge >= 0.3 is 5.97 Å². The number of hydrogen-bond donors (Lipinski definition) is 7. The number of carbonyl (C=O) groups excluding carboxylic acids is 2. The molecule has 214 valence electrons. The van der Waals surface area contributed by atoms with Crippen molar-refractivity contribution in [3.8, 4) is 11.5 Å². The molecule has 7 N–H and O–H groups in total. The average molecular weight is 558 g/mol. The molecule has 1 saturated heterocycles. The fraction of sp³-hybridized carbons (Fsp3) is 0.692. The first kappa shape index (κ1) is 30.5. The summed E-state index contributed by atoms with van der Waals surface area (Å²) >= 11 is 1.01. The van der Waals surface area contributed by atoms with Gasteiger partial charge in [-0.05, 0) is 50.3 Å². The van der Waals surface area contributed by atoms with Gasteiger partial charge in [-0.1, -0.05) is 19.8 Å². The summed E-state index contributed by atoms with van der Waals surface area (Å²) in [6.07, 6.45) is -2.38. The molecule has 0 aromatic heterocycles. The number of thioether (sulfide) groups is 1. The number of esters is 1. The number of amides is 1. The summed E-state index contributed by atoms with van der Waals surface area (Å²) in [6, 6.07) is 2.42. The van der Waals surface area contributed by atoms with Gasteiger partial charge in [0.25, 0.3) is 0 Å². The normalized spacial score (nSPS) is 30.9. The Morgan fingerprint density at radius 1 is 1.16 bits per heavy atom. The monoisotopic (exact) mass is 557 g/mol. The Morgan fingerprint density at radius 2 is 1.89 bits per heavy atom. The van der Waals surface area contributed by atoms with E-state index in [1.54, 1.807) is 0 Å². The Labute approximate surface area is 226 Å². The Kier molecular flexibility index (Phi) is 11.1. The first-order valence-electron chi connectivity index (χ1n) is 13.0. The molecule has 1 aromatic carbocycles. The molecular weight excluding hydrogens is 518 g/mol. The summed E-state index contributed by atoms with van der Waals surface area (Å²) in [7, 11) is 0. The number of rotatable bonds is 11. The molecule has 9 atom stereocenters. The number of hydrogen-bond acceptors (Lipinski definition) is 11. The molecule has 11 nitrogen and oxygen atoms in total. The maximum Gasteiger partial charge on any atom is 0.342 e. The fourth-order valence-electron chi connectivity index (χ4n) is 5.11. The van der Waals surface area contributed by atoms with Crippen molar-refractivity contribution in [3.05, 3.63) is 23.8 Å². The van der Waals surface area contributed by atoms with Gasteiger partial charge in [0, 0.05) is 11.7 Å². The van der Waals surface area contributed by atoms with Gasteiger partial charge in [-0.15, -0.1) is 11.8 Å². The van der Waals surface area contributed by atoms with Crippen LogP contribution in [0.1, 0.15) is 56.3 Å². The van der Waals surface area contributed by atoms with Gasteiger partial charge < -0.3 is 45.4 Å².